The summed E-state index contributed by atoms with van der Waals surface area (Å²) >= 11 is 0. The van der Waals surface area contributed by atoms with Crippen LogP contribution in [0, 0.1) is 18.6 Å². The van der Waals surface area contributed by atoms with Gasteiger partial charge in [0.15, 0.2) is 5.96 Å². The maximum atomic E-state index is 13.6. The summed E-state index contributed by atoms with van der Waals surface area (Å²) < 4.78 is 26.8. The molecule has 24 heavy (non-hydrogen) atoms. The van der Waals surface area contributed by atoms with Crippen molar-refractivity contribution in [2.24, 2.45) is 4.99 Å². The van der Waals surface area contributed by atoms with E-state index >= 15 is 0 Å². The second-order valence-electron chi connectivity index (χ2n) is 5.05. The summed E-state index contributed by atoms with van der Waals surface area (Å²) in [6.07, 6.45) is 0. The Morgan fingerprint density at radius 1 is 1.17 bits per heavy atom. The van der Waals surface area contributed by atoms with Crippen molar-refractivity contribution >= 4 is 29.9 Å². The van der Waals surface area contributed by atoms with Crippen LogP contribution in [0.25, 0.3) is 0 Å². The highest BCUT2D eigenvalue weighted by atomic mass is 127. The molecule has 0 saturated heterocycles. The summed E-state index contributed by atoms with van der Waals surface area (Å²) in [5, 5.41) is 6.20. The number of hydrogen-bond donors (Lipinski definition) is 2. The van der Waals surface area contributed by atoms with Crippen LogP contribution in [0.3, 0.4) is 0 Å². The van der Waals surface area contributed by atoms with E-state index in [4.69, 9.17) is 0 Å². The maximum absolute atomic E-state index is 13.6. The summed E-state index contributed by atoms with van der Waals surface area (Å²) in [4.78, 5) is 8.68. The molecule has 0 aliphatic rings. The number of hydrogen-bond acceptors (Lipinski definition) is 2. The fraction of sp³-hybridized carbons (Fsp3) is 0.294. The number of rotatable bonds is 5. The molecule has 0 fully saturated rings. The minimum absolute atomic E-state index is 0. The first kappa shape index (κ1) is 20.3. The van der Waals surface area contributed by atoms with E-state index < -0.39 is 11.6 Å². The molecule has 1 aromatic heterocycles. The van der Waals surface area contributed by atoms with E-state index in [0.717, 1.165) is 29.6 Å². The van der Waals surface area contributed by atoms with Gasteiger partial charge in [-0.1, -0.05) is 6.07 Å². The van der Waals surface area contributed by atoms with Gasteiger partial charge in [0.05, 0.1) is 18.8 Å². The van der Waals surface area contributed by atoms with E-state index in [1.807, 2.05) is 32.0 Å². The number of aryl methyl sites for hydroxylation is 1. The van der Waals surface area contributed by atoms with Crippen molar-refractivity contribution in [2.75, 3.05) is 6.54 Å². The van der Waals surface area contributed by atoms with Crippen molar-refractivity contribution in [1.29, 1.82) is 0 Å². The molecule has 2 N–H and O–H groups in total. The van der Waals surface area contributed by atoms with Gasteiger partial charge >= 0.3 is 0 Å². The fourth-order valence-corrected chi connectivity index (χ4v) is 2.04. The third kappa shape index (κ3) is 6.38. The van der Waals surface area contributed by atoms with Crippen LogP contribution in [0.2, 0.25) is 0 Å². The lowest BCUT2D eigenvalue weighted by atomic mass is 10.2. The van der Waals surface area contributed by atoms with Crippen molar-refractivity contribution in [3.63, 3.8) is 0 Å². The van der Waals surface area contributed by atoms with Gasteiger partial charge in [-0.15, -0.1) is 24.0 Å². The summed E-state index contributed by atoms with van der Waals surface area (Å²) in [6, 6.07) is 9.13. The zero-order valence-corrected chi connectivity index (χ0v) is 16.0. The number of aromatic nitrogens is 1. The van der Waals surface area contributed by atoms with E-state index in [-0.39, 0.29) is 36.1 Å². The minimum atomic E-state index is -0.474. The Hall–Kier alpha value is -1.77. The molecule has 0 atom stereocenters. The monoisotopic (exact) mass is 446 g/mol. The van der Waals surface area contributed by atoms with Crippen LogP contribution in [-0.2, 0) is 13.1 Å². The van der Waals surface area contributed by atoms with Crippen molar-refractivity contribution in [3.05, 3.63) is 65.0 Å². The lowest BCUT2D eigenvalue weighted by molar-refractivity contribution is 0.585. The highest BCUT2D eigenvalue weighted by Crippen LogP contribution is 2.10. The standard InChI is InChI=1S/C17H20F2N4.HI/c1-3-20-17(22-11-15-6-4-5-12(2)23-15)21-10-13-9-14(18)7-8-16(13)19;/h4-9H,3,10-11H2,1-2H3,(H2,20,21,22);1H. The van der Waals surface area contributed by atoms with Gasteiger partial charge in [0.2, 0.25) is 0 Å². The van der Waals surface area contributed by atoms with Crippen LogP contribution in [0.15, 0.2) is 41.4 Å². The number of benzene rings is 1. The lowest BCUT2D eigenvalue weighted by Gasteiger charge is -2.11. The molecular weight excluding hydrogens is 425 g/mol. The molecule has 0 unspecified atom stereocenters. The Kier molecular flexibility index (Phi) is 8.59. The molecule has 0 radical (unpaired) electrons. The third-order valence-electron chi connectivity index (χ3n) is 3.14. The van der Waals surface area contributed by atoms with Crippen LogP contribution >= 0.6 is 24.0 Å². The summed E-state index contributed by atoms with van der Waals surface area (Å²) in [5.41, 5.74) is 2.04. The van der Waals surface area contributed by atoms with E-state index in [1.165, 1.54) is 0 Å². The Bertz CT molecular complexity index is 692. The van der Waals surface area contributed by atoms with Gasteiger partial charge in [-0.05, 0) is 44.2 Å². The van der Waals surface area contributed by atoms with Crippen LogP contribution < -0.4 is 10.6 Å². The van der Waals surface area contributed by atoms with Crippen LogP contribution in [0.1, 0.15) is 23.9 Å². The van der Waals surface area contributed by atoms with E-state index in [0.29, 0.717) is 19.0 Å². The predicted octanol–water partition coefficient (Wildman–Crippen LogP) is 3.54. The van der Waals surface area contributed by atoms with Crippen molar-refractivity contribution in [1.82, 2.24) is 15.6 Å². The van der Waals surface area contributed by atoms with E-state index in [2.05, 4.69) is 20.6 Å². The quantitative estimate of drug-likeness (QED) is 0.420. The largest absolute Gasteiger partial charge is 0.357 e. The number of pyridine rings is 1. The first-order valence-electron chi connectivity index (χ1n) is 7.47. The van der Waals surface area contributed by atoms with Crippen LogP contribution in [0.5, 0.6) is 0 Å². The minimum Gasteiger partial charge on any atom is -0.357 e. The summed E-state index contributed by atoms with van der Waals surface area (Å²) in [7, 11) is 0. The van der Waals surface area contributed by atoms with E-state index in [9.17, 15) is 8.78 Å². The van der Waals surface area contributed by atoms with Gasteiger partial charge in [-0.2, -0.15) is 0 Å². The number of nitrogens with zero attached hydrogens (tertiary/aromatic N) is 2. The molecule has 0 aliphatic carbocycles. The molecule has 0 amide bonds. The van der Waals surface area contributed by atoms with Gasteiger partial charge in [-0.3, -0.25) is 4.98 Å². The maximum Gasteiger partial charge on any atom is 0.191 e. The molecule has 0 aliphatic heterocycles. The highest BCUT2D eigenvalue weighted by Gasteiger charge is 2.04. The lowest BCUT2D eigenvalue weighted by Crippen LogP contribution is -2.37. The van der Waals surface area contributed by atoms with Crippen LogP contribution in [-0.4, -0.2) is 17.5 Å². The number of nitrogens with one attached hydrogen (secondary N) is 2. The summed E-state index contributed by atoms with van der Waals surface area (Å²) in [5.74, 6) is -0.413. The Morgan fingerprint density at radius 2 is 1.96 bits per heavy atom. The first-order chi connectivity index (χ1) is 11.1. The Labute approximate surface area is 157 Å². The van der Waals surface area contributed by atoms with Gasteiger partial charge < -0.3 is 10.6 Å². The van der Waals surface area contributed by atoms with Gasteiger partial charge in [-0.25, -0.2) is 13.8 Å². The second kappa shape index (κ2) is 10.2. The average molecular weight is 446 g/mol. The molecule has 0 saturated carbocycles. The highest BCUT2D eigenvalue weighted by molar-refractivity contribution is 14.0. The van der Waals surface area contributed by atoms with Crippen LogP contribution in [0.4, 0.5) is 8.78 Å². The molecule has 2 rings (SSSR count). The van der Waals surface area contributed by atoms with Gasteiger partial charge in [0.1, 0.15) is 11.6 Å². The molecule has 1 aromatic carbocycles. The first-order valence-corrected chi connectivity index (χ1v) is 7.47. The molecule has 2 aromatic rings. The zero-order valence-electron chi connectivity index (χ0n) is 13.6. The molecule has 0 spiro atoms. The molecule has 7 heteroatoms. The number of guanidine groups is 1. The molecule has 1 heterocycles. The van der Waals surface area contributed by atoms with Gasteiger partial charge in [0.25, 0.3) is 0 Å². The van der Waals surface area contributed by atoms with Crippen molar-refractivity contribution < 1.29 is 8.78 Å². The predicted molar refractivity (Wildman–Crippen MR) is 102 cm³/mol. The smallest absolute Gasteiger partial charge is 0.191 e. The molecular formula is C17H21F2IN4. The number of halogens is 3. The molecule has 4 nitrogen and oxygen atoms in total. The number of aliphatic imine (C=N–C) groups is 1. The second-order valence-corrected chi connectivity index (χ2v) is 5.05. The average Bonchev–Trinajstić information content (AvgIpc) is 2.53. The third-order valence-corrected chi connectivity index (χ3v) is 3.14. The Balaban J connectivity index is 0.00000288. The van der Waals surface area contributed by atoms with Gasteiger partial charge in [0, 0.05) is 17.8 Å². The fourth-order valence-electron chi connectivity index (χ4n) is 2.04. The van der Waals surface area contributed by atoms with Crippen molar-refractivity contribution in [2.45, 2.75) is 26.9 Å². The zero-order chi connectivity index (χ0) is 16.7. The molecule has 0 bridgehead atoms. The Morgan fingerprint density at radius 3 is 2.67 bits per heavy atom. The SMILES string of the molecule is CCNC(=NCc1cc(F)ccc1F)NCc1cccc(C)n1.I. The normalized spacial score (nSPS) is 10.9. The summed E-state index contributed by atoms with van der Waals surface area (Å²) in [6.45, 7) is 5.08. The van der Waals surface area contributed by atoms with Crippen molar-refractivity contribution in [3.8, 4) is 0 Å². The van der Waals surface area contributed by atoms with E-state index in [1.54, 1.807) is 0 Å². The molecule has 130 valence electrons. The topological polar surface area (TPSA) is 49.3 Å².